The Balaban J connectivity index is 2.65. The fraction of sp³-hybridized carbons (Fsp3) is 0.417. The first-order chi connectivity index (χ1) is 8.29. The van der Waals surface area contributed by atoms with Crippen LogP contribution in [0.4, 0.5) is 0 Å². The highest BCUT2D eigenvalue weighted by atomic mass is 79.9. The Morgan fingerprint density at radius 3 is 2.56 bits per heavy atom. The number of aromatic nitrogens is 4. The number of rotatable bonds is 1. The molecule has 2 rings (SSSR count). The van der Waals surface area contributed by atoms with E-state index in [-0.39, 0.29) is 11.0 Å². The monoisotopic (exact) mass is 310 g/mol. The number of H-pyrrole nitrogens is 1. The van der Waals surface area contributed by atoms with E-state index >= 15 is 0 Å². The summed E-state index contributed by atoms with van der Waals surface area (Å²) in [5.41, 5.74) is 1.16. The van der Waals surface area contributed by atoms with Crippen LogP contribution < -0.4 is 5.56 Å². The molecular weight excluding hydrogens is 296 g/mol. The topological polar surface area (TPSA) is 63.6 Å². The van der Waals surface area contributed by atoms with Crippen LogP contribution in [0.1, 0.15) is 26.5 Å². The third-order valence-corrected chi connectivity index (χ3v) is 3.29. The van der Waals surface area contributed by atoms with E-state index in [0.29, 0.717) is 10.3 Å². The van der Waals surface area contributed by atoms with Gasteiger partial charge in [-0.1, -0.05) is 20.8 Å². The molecule has 0 aliphatic heterocycles. The van der Waals surface area contributed by atoms with Crippen molar-refractivity contribution in [2.45, 2.75) is 26.2 Å². The Kier molecular flexibility index (Phi) is 3.14. The van der Waals surface area contributed by atoms with Gasteiger partial charge in [0.05, 0.1) is 17.5 Å². The van der Waals surface area contributed by atoms with Gasteiger partial charge in [-0.05, 0) is 15.9 Å². The van der Waals surface area contributed by atoms with E-state index in [2.05, 4.69) is 31.0 Å². The predicted molar refractivity (Wildman–Crippen MR) is 73.5 cm³/mol. The number of aryl methyl sites for hydroxylation is 1. The van der Waals surface area contributed by atoms with Crippen molar-refractivity contribution in [1.82, 2.24) is 19.7 Å². The fourth-order valence-corrected chi connectivity index (χ4v) is 2.42. The minimum absolute atomic E-state index is 0.172. The standard InChI is InChI=1S/C12H15BrN4O/c1-12(2,3)9-8(13)11(18)16-10(15-9)7-5-14-17(4)6-7/h5-6H,1-4H3,(H,15,16,18). The molecule has 6 heteroatoms. The number of nitrogens with zero attached hydrogens (tertiary/aromatic N) is 3. The number of halogens is 1. The third kappa shape index (κ3) is 2.38. The molecule has 0 atom stereocenters. The van der Waals surface area contributed by atoms with Crippen LogP contribution in [0.25, 0.3) is 11.4 Å². The van der Waals surface area contributed by atoms with Gasteiger partial charge < -0.3 is 4.98 Å². The van der Waals surface area contributed by atoms with Gasteiger partial charge in [-0.25, -0.2) is 4.98 Å². The van der Waals surface area contributed by atoms with Gasteiger partial charge in [0, 0.05) is 18.7 Å². The summed E-state index contributed by atoms with van der Waals surface area (Å²) in [7, 11) is 1.82. The predicted octanol–water partition coefficient (Wildman–Crippen LogP) is 2.23. The Morgan fingerprint density at radius 1 is 1.39 bits per heavy atom. The molecule has 0 aliphatic rings. The lowest BCUT2D eigenvalue weighted by Crippen LogP contribution is -2.22. The highest BCUT2D eigenvalue weighted by Gasteiger charge is 2.22. The molecule has 2 aromatic rings. The summed E-state index contributed by atoms with van der Waals surface area (Å²) in [4.78, 5) is 19.2. The molecule has 0 bridgehead atoms. The Labute approximate surface area is 113 Å². The highest BCUT2D eigenvalue weighted by Crippen LogP contribution is 2.26. The molecule has 0 saturated heterocycles. The minimum Gasteiger partial charge on any atom is -0.305 e. The van der Waals surface area contributed by atoms with Gasteiger partial charge in [-0.3, -0.25) is 9.48 Å². The van der Waals surface area contributed by atoms with Crippen LogP contribution in [0.2, 0.25) is 0 Å². The smallest absolute Gasteiger partial charge is 0.265 e. The molecule has 0 saturated carbocycles. The first-order valence-electron chi connectivity index (χ1n) is 5.58. The minimum atomic E-state index is -0.204. The van der Waals surface area contributed by atoms with Gasteiger partial charge in [-0.15, -0.1) is 0 Å². The lowest BCUT2D eigenvalue weighted by molar-refractivity contribution is 0.562. The van der Waals surface area contributed by atoms with Crippen LogP contribution in [0, 0.1) is 0 Å². The first kappa shape index (κ1) is 13.0. The van der Waals surface area contributed by atoms with Crippen molar-refractivity contribution in [3.8, 4) is 11.4 Å². The van der Waals surface area contributed by atoms with E-state index in [9.17, 15) is 4.79 Å². The van der Waals surface area contributed by atoms with Crippen LogP contribution in [-0.4, -0.2) is 19.7 Å². The molecule has 96 valence electrons. The molecule has 18 heavy (non-hydrogen) atoms. The third-order valence-electron chi connectivity index (χ3n) is 2.55. The van der Waals surface area contributed by atoms with Crippen LogP contribution in [0.15, 0.2) is 21.7 Å². The number of hydrogen-bond donors (Lipinski definition) is 1. The largest absolute Gasteiger partial charge is 0.305 e. The number of nitrogens with one attached hydrogen (secondary N) is 1. The summed E-state index contributed by atoms with van der Waals surface area (Å²) < 4.78 is 2.16. The molecule has 0 aliphatic carbocycles. The Morgan fingerprint density at radius 2 is 2.06 bits per heavy atom. The van der Waals surface area contributed by atoms with Crippen LogP contribution in [-0.2, 0) is 12.5 Å². The SMILES string of the molecule is Cn1cc(-c2nc(C(C)(C)C)c(Br)c(=O)[nH]2)cn1. The quantitative estimate of drug-likeness (QED) is 0.878. The summed E-state index contributed by atoms with van der Waals surface area (Å²) in [6, 6.07) is 0. The van der Waals surface area contributed by atoms with Gasteiger partial charge in [0.15, 0.2) is 0 Å². The van der Waals surface area contributed by atoms with E-state index in [1.54, 1.807) is 10.9 Å². The van der Waals surface area contributed by atoms with E-state index in [1.165, 1.54) is 0 Å². The molecule has 2 aromatic heterocycles. The highest BCUT2D eigenvalue weighted by molar-refractivity contribution is 9.10. The lowest BCUT2D eigenvalue weighted by Gasteiger charge is -2.19. The van der Waals surface area contributed by atoms with Gasteiger partial charge in [0.25, 0.3) is 5.56 Å². The van der Waals surface area contributed by atoms with Crippen LogP contribution in [0.3, 0.4) is 0 Å². The van der Waals surface area contributed by atoms with Crippen molar-refractivity contribution >= 4 is 15.9 Å². The average Bonchev–Trinajstić information content (AvgIpc) is 2.67. The summed E-state index contributed by atoms with van der Waals surface area (Å²) in [5, 5.41) is 4.08. The van der Waals surface area contributed by atoms with Crippen molar-refractivity contribution in [3.63, 3.8) is 0 Å². The van der Waals surface area contributed by atoms with Crippen molar-refractivity contribution in [3.05, 3.63) is 32.9 Å². The van der Waals surface area contributed by atoms with E-state index in [4.69, 9.17) is 0 Å². The summed E-state index contributed by atoms with van der Waals surface area (Å²) in [6.07, 6.45) is 3.50. The zero-order valence-corrected chi connectivity index (χ0v) is 12.4. The second-order valence-electron chi connectivity index (χ2n) is 5.23. The Bertz CT molecular complexity index is 636. The molecule has 1 N–H and O–H groups in total. The van der Waals surface area contributed by atoms with Crippen molar-refractivity contribution < 1.29 is 0 Å². The average molecular weight is 311 g/mol. The maximum Gasteiger partial charge on any atom is 0.265 e. The molecular formula is C12H15BrN4O. The van der Waals surface area contributed by atoms with Gasteiger partial charge in [-0.2, -0.15) is 5.10 Å². The van der Waals surface area contributed by atoms with Crippen molar-refractivity contribution in [1.29, 1.82) is 0 Å². The zero-order valence-electron chi connectivity index (χ0n) is 10.8. The molecule has 0 amide bonds. The summed E-state index contributed by atoms with van der Waals surface area (Å²) in [6.45, 7) is 6.06. The molecule has 0 radical (unpaired) electrons. The summed E-state index contributed by atoms with van der Waals surface area (Å²) in [5.74, 6) is 0.543. The van der Waals surface area contributed by atoms with Gasteiger partial charge >= 0.3 is 0 Å². The molecule has 0 unspecified atom stereocenters. The molecule has 0 aromatic carbocycles. The van der Waals surface area contributed by atoms with Gasteiger partial charge in [0.2, 0.25) is 0 Å². The van der Waals surface area contributed by atoms with Crippen LogP contribution >= 0.6 is 15.9 Å². The van der Waals surface area contributed by atoms with Gasteiger partial charge in [0.1, 0.15) is 10.3 Å². The second kappa shape index (κ2) is 4.35. The zero-order chi connectivity index (χ0) is 13.5. The van der Waals surface area contributed by atoms with E-state index in [1.807, 2.05) is 34.0 Å². The lowest BCUT2D eigenvalue weighted by atomic mass is 9.92. The maximum absolute atomic E-state index is 11.9. The van der Waals surface area contributed by atoms with E-state index in [0.717, 1.165) is 11.3 Å². The maximum atomic E-state index is 11.9. The van der Waals surface area contributed by atoms with Crippen molar-refractivity contribution in [2.24, 2.45) is 7.05 Å². The number of hydrogen-bond acceptors (Lipinski definition) is 3. The van der Waals surface area contributed by atoms with E-state index < -0.39 is 0 Å². The molecule has 0 spiro atoms. The molecule has 0 fully saturated rings. The molecule has 2 heterocycles. The fourth-order valence-electron chi connectivity index (χ4n) is 1.64. The van der Waals surface area contributed by atoms with Crippen molar-refractivity contribution in [2.75, 3.05) is 0 Å². The number of aromatic amines is 1. The normalized spacial score (nSPS) is 11.8. The first-order valence-corrected chi connectivity index (χ1v) is 6.37. The second-order valence-corrected chi connectivity index (χ2v) is 6.02. The molecule has 5 nitrogen and oxygen atoms in total. The van der Waals surface area contributed by atoms with Crippen LogP contribution in [0.5, 0.6) is 0 Å². The summed E-state index contributed by atoms with van der Waals surface area (Å²) >= 11 is 3.30. The Hall–Kier alpha value is -1.43.